The Bertz CT molecular complexity index is 885. The van der Waals surface area contributed by atoms with Crippen molar-refractivity contribution in [2.75, 3.05) is 6.54 Å². The van der Waals surface area contributed by atoms with Gasteiger partial charge < -0.3 is 15.0 Å². The van der Waals surface area contributed by atoms with Crippen LogP contribution >= 0.6 is 0 Å². The summed E-state index contributed by atoms with van der Waals surface area (Å²) in [6.07, 6.45) is -0.260. The number of aromatic nitrogens is 4. The normalized spacial score (nSPS) is 14.3. The molecule has 1 aliphatic rings. The Balaban J connectivity index is 1.76. The number of aromatic amines is 2. The summed E-state index contributed by atoms with van der Waals surface area (Å²) in [4.78, 5) is 20.5. The van der Waals surface area contributed by atoms with Gasteiger partial charge >= 0.3 is 6.09 Å². The number of imidazole rings is 1. The summed E-state index contributed by atoms with van der Waals surface area (Å²) in [7, 11) is 0. The van der Waals surface area contributed by atoms with E-state index in [2.05, 4.69) is 46.1 Å². The van der Waals surface area contributed by atoms with E-state index >= 15 is 0 Å². The first-order valence-electron chi connectivity index (χ1n) is 7.54. The van der Waals surface area contributed by atoms with E-state index in [-0.39, 0.29) is 0 Å². The molecule has 0 radical (unpaired) electrons. The molecule has 3 heterocycles. The van der Waals surface area contributed by atoms with Crippen molar-refractivity contribution < 1.29 is 9.90 Å². The summed E-state index contributed by atoms with van der Waals surface area (Å²) in [6.45, 7) is 4.97. The van der Waals surface area contributed by atoms with Gasteiger partial charge in [0.15, 0.2) is 5.82 Å². The molecule has 23 heavy (non-hydrogen) atoms. The monoisotopic (exact) mass is 311 g/mol. The molecule has 2 aromatic heterocycles. The minimum atomic E-state index is -0.901. The summed E-state index contributed by atoms with van der Waals surface area (Å²) in [5, 5.41) is 16.4. The molecule has 0 aliphatic carbocycles. The molecule has 1 aliphatic heterocycles. The molecule has 0 unspecified atom stereocenters. The standard InChI is InChI=1S/C16H17N5O2/c1-8-5-11-12(6-9(8)2)18-15(17-11)14-10-3-4-21(16(22)23)7-13(10)19-20-14/h5-6H,3-4,7H2,1-2H3,(H,17,18)(H,19,20)(H,22,23). The third-order valence-electron chi connectivity index (χ3n) is 4.53. The van der Waals surface area contributed by atoms with Gasteiger partial charge in [-0.05, 0) is 43.5 Å². The Morgan fingerprint density at radius 2 is 2.09 bits per heavy atom. The summed E-state index contributed by atoms with van der Waals surface area (Å²) in [5.41, 5.74) is 7.02. The third kappa shape index (κ3) is 2.16. The molecule has 3 aromatic rings. The van der Waals surface area contributed by atoms with Crippen LogP contribution in [0.1, 0.15) is 22.4 Å². The van der Waals surface area contributed by atoms with Crippen molar-refractivity contribution in [3.63, 3.8) is 0 Å². The molecule has 1 amide bonds. The van der Waals surface area contributed by atoms with Crippen LogP contribution in [-0.2, 0) is 13.0 Å². The van der Waals surface area contributed by atoms with Crippen LogP contribution in [0.2, 0.25) is 0 Å². The van der Waals surface area contributed by atoms with Crippen molar-refractivity contribution in [1.82, 2.24) is 25.1 Å². The quantitative estimate of drug-likeness (QED) is 0.643. The maximum absolute atomic E-state index is 11.1. The number of hydrogen-bond donors (Lipinski definition) is 3. The SMILES string of the molecule is Cc1cc2nc(-c3n[nH]c4c3CCN(C(=O)O)C4)[nH]c2cc1C. The van der Waals surface area contributed by atoms with E-state index in [9.17, 15) is 4.79 Å². The zero-order valence-electron chi connectivity index (χ0n) is 13.0. The molecule has 7 heteroatoms. The second-order valence-electron chi connectivity index (χ2n) is 6.02. The zero-order valence-corrected chi connectivity index (χ0v) is 13.0. The van der Waals surface area contributed by atoms with Crippen LogP contribution in [0.15, 0.2) is 12.1 Å². The number of carbonyl (C=O) groups is 1. The van der Waals surface area contributed by atoms with E-state index in [1.165, 1.54) is 16.0 Å². The summed E-state index contributed by atoms with van der Waals surface area (Å²) in [6, 6.07) is 4.16. The highest BCUT2D eigenvalue weighted by atomic mass is 16.4. The van der Waals surface area contributed by atoms with Gasteiger partial charge in [-0.3, -0.25) is 5.10 Å². The first-order chi connectivity index (χ1) is 11.0. The zero-order chi connectivity index (χ0) is 16.1. The molecule has 118 valence electrons. The van der Waals surface area contributed by atoms with E-state index in [1.807, 2.05) is 0 Å². The molecule has 4 rings (SSSR count). The summed E-state index contributed by atoms with van der Waals surface area (Å²) in [5.74, 6) is 0.728. The molecule has 0 spiro atoms. The first-order valence-corrected chi connectivity index (χ1v) is 7.54. The van der Waals surface area contributed by atoms with E-state index in [1.54, 1.807) is 0 Å². The highest BCUT2D eigenvalue weighted by molar-refractivity contribution is 5.81. The van der Waals surface area contributed by atoms with Crippen molar-refractivity contribution in [3.8, 4) is 11.5 Å². The van der Waals surface area contributed by atoms with Gasteiger partial charge in [0.2, 0.25) is 0 Å². The Hall–Kier alpha value is -2.83. The number of aryl methyl sites for hydroxylation is 2. The van der Waals surface area contributed by atoms with Crippen LogP contribution < -0.4 is 0 Å². The number of nitrogens with zero attached hydrogens (tertiary/aromatic N) is 3. The van der Waals surface area contributed by atoms with Crippen LogP contribution in [-0.4, -0.2) is 42.8 Å². The number of carboxylic acid groups (broad SMARTS) is 1. The number of amides is 1. The van der Waals surface area contributed by atoms with E-state index in [0.29, 0.717) is 19.5 Å². The lowest BCUT2D eigenvalue weighted by atomic mass is 10.0. The molecule has 0 bridgehead atoms. The Morgan fingerprint density at radius 3 is 2.87 bits per heavy atom. The second kappa shape index (κ2) is 4.84. The second-order valence-corrected chi connectivity index (χ2v) is 6.02. The van der Waals surface area contributed by atoms with Crippen LogP contribution in [0.3, 0.4) is 0 Å². The average Bonchev–Trinajstić information content (AvgIpc) is 3.10. The van der Waals surface area contributed by atoms with Gasteiger partial charge in [0.05, 0.1) is 23.3 Å². The predicted octanol–water partition coefficient (Wildman–Crippen LogP) is 2.61. The Labute approximate surface area is 132 Å². The largest absolute Gasteiger partial charge is 0.465 e. The Morgan fingerprint density at radius 1 is 1.30 bits per heavy atom. The molecular weight excluding hydrogens is 294 g/mol. The Kier molecular flexibility index (Phi) is 2.90. The van der Waals surface area contributed by atoms with Crippen molar-refractivity contribution in [3.05, 3.63) is 34.5 Å². The molecule has 0 saturated heterocycles. The highest BCUT2D eigenvalue weighted by Crippen LogP contribution is 2.28. The minimum Gasteiger partial charge on any atom is -0.465 e. The maximum atomic E-state index is 11.1. The van der Waals surface area contributed by atoms with Gasteiger partial charge in [0.25, 0.3) is 0 Å². The van der Waals surface area contributed by atoms with Crippen LogP contribution in [0.5, 0.6) is 0 Å². The first kappa shape index (κ1) is 13.8. The fourth-order valence-corrected chi connectivity index (χ4v) is 3.06. The summed E-state index contributed by atoms with van der Waals surface area (Å²) >= 11 is 0. The van der Waals surface area contributed by atoms with Crippen LogP contribution in [0.4, 0.5) is 4.79 Å². The molecular formula is C16H17N5O2. The number of nitrogens with one attached hydrogen (secondary N) is 2. The van der Waals surface area contributed by atoms with Gasteiger partial charge in [-0.25, -0.2) is 9.78 Å². The topological polar surface area (TPSA) is 97.9 Å². The van der Waals surface area contributed by atoms with Crippen molar-refractivity contribution in [2.45, 2.75) is 26.8 Å². The lowest BCUT2D eigenvalue weighted by molar-refractivity contribution is 0.139. The van der Waals surface area contributed by atoms with Crippen molar-refractivity contribution in [2.24, 2.45) is 0 Å². The van der Waals surface area contributed by atoms with Gasteiger partial charge in [0.1, 0.15) is 5.69 Å². The van der Waals surface area contributed by atoms with E-state index < -0.39 is 6.09 Å². The third-order valence-corrected chi connectivity index (χ3v) is 4.53. The fraction of sp³-hybridized carbons (Fsp3) is 0.312. The molecule has 0 atom stereocenters. The maximum Gasteiger partial charge on any atom is 0.407 e. The molecule has 3 N–H and O–H groups in total. The van der Waals surface area contributed by atoms with Gasteiger partial charge in [-0.1, -0.05) is 0 Å². The highest BCUT2D eigenvalue weighted by Gasteiger charge is 2.26. The average molecular weight is 311 g/mol. The number of benzene rings is 1. The molecule has 7 nitrogen and oxygen atoms in total. The molecule has 0 saturated carbocycles. The van der Waals surface area contributed by atoms with E-state index in [0.717, 1.165) is 33.8 Å². The predicted molar refractivity (Wildman–Crippen MR) is 85.3 cm³/mol. The van der Waals surface area contributed by atoms with Crippen LogP contribution in [0.25, 0.3) is 22.6 Å². The van der Waals surface area contributed by atoms with Crippen molar-refractivity contribution in [1.29, 1.82) is 0 Å². The number of fused-ring (bicyclic) bond motifs is 2. The number of H-pyrrole nitrogens is 2. The van der Waals surface area contributed by atoms with E-state index in [4.69, 9.17) is 5.11 Å². The molecule has 0 fully saturated rings. The minimum absolute atomic E-state index is 0.343. The fourth-order valence-electron chi connectivity index (χ4n) is 3.06. The lowest BCUT2D eigenvalue weighted by Gasteiger charge is -2.23. The van der Waals surface area contributed by atoms with Crippen LogP contribution in [0, 0.1) is 13.8 Å². The van der Waals surface area contributed by atoms with Gasteiger partial charge in [-0.2, -0.15) is 5.10 Å². The summed E-state index contributed by atoms with van der Waals surface area (Å²) < 4.78 is 0. The van der Waals surface area contributed by atoms with Crippen molar-refractivity contribution >= 4 is 17.1 Å². The van der Waals surface area contributed by atoms with Gasteiger partial charge in [0, 0.05) is 12.1 Å². The number of rotatable bonds is 1. The number of hydrogen-bond acceptors (Lipinski definition) is 3. The van der Waals surface area contributed by atoms with Gasteiger partial charge in [-0.15, -0.1) is 0 Å². The molecule has 1 aromatic carbocycles. The smallest absolute Gasteiger partial charge is 0.407 e. The lowest BCUT2D eigenvalue weighted by Crippen LogP contribution is -2.34.